The number of aromatic nitrogens is 2. The minimum atomic E-state index is -0.401. The van der Waals surface area contributed by atoms with Crippen molar-refractivity contribution in [3.63, 3.8) is 0 Å². The van der Waals surface area contributed by atoms with Crippen LogP contribution < -0.4 is 5.73 Å². The average molecular weight is 261 g/mol. The van der Waals surface area contributed by atoms with Crippen molar-refractivity contribution in [2.75, 3.05) is 6.61 Å². The molecule has 0 saturated carbocycles. The summed E-state index contributed by atoms with van der Waals surface area (Å²) in [6.45, 7) is 8.85. The van der Waals surface area contributed by atoms with Gasteiger partial charge in [0.05, 0.1) is 17.6 Å². The monoisotopic (exact) mass is 261 g/mol. The van der Waals surface area contributed by atoms with Crippen LogP contribution >= 0.6 is 0 Å². The molecule has 0 aliphatic carbocycles. The Morgan fingerprint density at radius 1 is 1.21 bits per heavy atom. The van der Waals surface area contributed by atoms with Gasteiger partial charge in [0.15, 0.2) is 0 Å². The number of benzene rings is 1. The normalized spacial score (nSPS) is 13.2. The Morgan fingerprint density at radius 2 is 1.84 bits per heavy atom. The maximum absolute atomic E-state index is 9.31. The Labute approximate surface area is 114 Å². The second-order valence-electron chi connectivity index (χ2n) is 6.15. The topological polar surface area (TPSA) is 64.1 Å². The minimum absolute atomic E-state index is 0.0917. The smallest absolute Gasteiger partial charge is 0.117 e. The van der Waals surface area contributed by atoms with E-state index in [4.69, 9.17) is 10.7 Å². The Kier molecular flexibility index (Phi) is 3.41. The summed E-state index contributed by atoms with van der Waals surface area (Å²) in [6.07, 6.45) is 0. The number of imidazole rings is 1. The number of hydrogen-bond donors (Lipinski definition) is 2. The molecule has 3 N–H and O–H groups in total. The highest BCUT2D eigenvalue weighted by atomic mass is 16.3. The zero-order valence-electron chi connectivity index (χ0n) is 12.1. The second-order valence-corrected chi connectivity index (χ2v) is 6.15. The molecule has 0 unspecified atom stereocenters. The zero-order chi connectivity index (χ0) is 14.3. The molecule has 0 fully saturated rings. The lowest BCUT2D eigenvalue weighted by Crippen LogP contribution is -2.51. The van der Waals surface area contributed by atoms with Gasteiger partial charge in [0.25, 0.3) is 0 Å². The summed E-state index contributed by atoms with van der Waals surface area (Å²) in [6, 6.07) is 7.98. The summed E-state index contributed by atoms with van der Waals surface area (Å²) in [5.74, 6) is 0.926. The zero-order valence-corrected chi connectivity index (χ0v) is 12.1. The largest absolute Gasteiger partial charge is 0.395 e. The number of nitrogens with zero attached hydrogens (tertiary/aromatic N) is 2. The van der Waals surface area contributed by atoms with Crippen LogP contribution in [0.5, 0.6) is 0 Å². The van der Waals surface area contributed by atoms with E-state index in [2.05, 4.69) is 18.4 Å². The summed E-state index contributed by atoms with van der Waals surface area (Å²) in [4.78, 5) is 4.74. The first kappa shape index (κ1) is 14.0. The summed E-state index contributed by atoms with van der Waals surface area (Å²) in [7, 11) is 0. The third-order valence-electron chi connectivity index (χ3n) is 4.15. The van der Waals surface area contributed by atoms with Crippen LogP contribution in [0.25, 0.3) is 11.0 Å². The van der Waals surface area contributed by atoms with E-state index in [9.17, 15) is 5.11 Å². The molecule has 2 rings (SSSR count). The van der Waals surface area contributed by atoms with Gasteiger partial charge in [0.2, 0.25) is 0 Å². The predicted molar refractivity (Wildman–Crippen MR) is 78.1 cm³/mol. The SMILES string of the molecule is CC(C)(N)C(C)(C)c1nc2ccccc2n1CCO. The van der Waals surface area contributed by atoms with Crippen LogP contribution in [0.4, 0.5) is 0 Å². The van der Waals surface area contributed by atoms with Crippen molar-refractivity contribution in [2.24, 2.45) is 5.73 Å². The van der Waals surface area contributed by atoms with E-state index >= 15 is 0 Å². The standard InChI is InChI=1S/C15H23N3O/c1-14(2,15(3,4)16)13-17-11-7-5-6-8-12(11)18(13)9-10-19/h5-8,19H,9-10,16H2,1-4H3. The maximum atomic E-state index is 9.31. The van der Waals surface area contributed by atoms with E-state index in [1.54, 1.807) is 0 Å². The first-order chi connectivity index (χ1) is 8.79. The molecule has 1 aromatic carbocycles. The highest BCUT2D eigenvalue weighted by Crippen LogP contribution is 2.34. The lowest BCUT2D eigenvalue weighted by atomic mass is 9.74. The van der Waals surface area contributed by atoms with E-state index in [-0.39, 0.29) is 12.0 Å². The lowest BCUT2D eigenvalue weighted by Gasteiger charge is -2.38. The van der Waals surface area contributed by atoms with Gasteiger partial charge in [-0.2, -0.15) is 0 Å². The molecular formula is C15H23N3O. The van der Waals surface area contributed by atoms with Crippen molar-refractivity contribution in [1.29, 1.82) is 0 Å². The Balaban J connectivity index is 2.69. The van der Waals surface area contributed by atoms with Crippen molar-refractivity contribution in [2.45, 2.75) is 45.2 Å². The molecule has 0 bridgehead atoms. The molecule has 2 aromatic rings. The number of para-hydroxylation sites is 2. The molecule has 0 saturated heterocycles. The van der Waals surface area contributed by atoms with Gasteiger partial charge in [0.1, 0.15) is 5.82 Å². The number of aliphatic hydroxyl groups is 1. The lowest BCUT2D eigenvalue weighted by molar-refractivity contribution is 0.253. The van der Waals surface area contributed by atoms with Crippen LogP contribution in [0.1, 0.15) is 33.5 Å². The molecule has 104 valence electrons. The molecule has 1 heterocycles. The molecule has 4 heteroatoms. The molecule has 0 radical (unpaired) electrons. The van der Waals surface area contributed by atoms with E-state index in [0.717, 1.165) is 16.9 Å². The van der Waals surface area contributed by atoms with Gasteiger partial charge in [0, 0.05) is 17.5 Å². The fourth-order valence-electron chi connectivity index (χ4n) is 2.17. The fourth-order valence-corrected chi connectivity index (χ4v) is 2.17. The fraction of sp³-hybridized carbons (Fsp3) is 0.533. The number of hydrogen-bond acceptors (Lipinski definition) is 3. The van der Waals surface area contributed by atoms with Gasteiger partial charge >= 0.3 is 0 Å². The summed E-state index contributed by atoms with van der Waals surface area (Å²) < 4.78 is 2.07. The van der Waals surface area contributed by atoms with Gasteiger partial charge in [-0.15, -0.1) is 0 Å². The second kappa shape index (κ2) is 4.62. The molecular weight excluding hydrogens is 238 g/mol. The number of aliphatic hydroxyl groups excluding tert-OH is 1. The van der Waals surface area contributed by atoms with E-state index in [1.807, 2.05) is 38.1 Å². The minimum Gasteiger partial charge on any atom is -0.395 e. The first-order valence-corrected chi connectivity index (χ1v) is 6.64. The number of rotatable bonds is 4. The molecule has 0 spiro atoms. The van der Waals surface area contributed by atoms with Crippen LogP contribution in [0, 0.1) is 0 Å². The molecule has 0 aliphatic heterocycles. The molecule has 0 aliphatic rings. The first-order valence-electron chi connectivity index (χ1n) is 6.64. The van der Waals surface area contributed by atoms with Crippen LogP contribution in [-0.4, -0.2) is 26.8 Å². The van der Waals surface area contributed by atoms with Gasteiger partial charge in [-0.05, 0) is 26.0 Å². The van der Waals surface area contributed by atoms with Crippen molar-refractivity contribution in [3.8, 4) is 0 Å². The quantitative estimate of drug-likeness (QED) is 0.885. The van der Waals surface area contributed by atoms with E-state index in [1.165, 1.54) is 0 Å². The van der Waals surface area contributed by atoms with Crippen molar-refractivity contribution in [1.82, 2.24) is 9.55 Å². The summed E-state index contributed by atoms with van der Waals surface area (Å²) in [5, 5.41) is 9.31. The maximum Gasteiger partial charge on any atom is 0.117 e. The summed E-state index contributed by atoms with van der Waals surface area (Å²) >= 11 is 0. The molecule has 4 nitrogen and oxygen atoms in total. The average Bonchev–Trinajstić information content (AvgIpc) is 2.68. The molecule has 19 heavy (non-hydrogen) atoms. The highest BCUT2D eigenvalue weighted by Gasteiger charge is 2.39. The third kappa shape index (κ3) is 2.26. The molecule has 0 atom stereocenters. The third-order valence-corrected chi connectivity index (χ3v) is 4.15. The van der Waals surface area contributed by atoms with Crippen LogP contribution in [0.3, 0.4) is 0 Å². The Bertz CT molecular complexity index is 579. The van der Waals surface area contributed by atoms with Gasteiger partial charge < -0.3 is 15.4 Å². The molecule has 0 amide bonds. The van der Waals surface area contributed by atoms with Crippen LogP contribution in [0.2, 0.25) is 0 Å². The number of fused-ring (bicyclic) bond motifs is 1. The number of nitrogens with two attached hydrogens (primary N) is 1. The predicted octanol–water partition coefficient (Wildman–Crippen LogP) is 2.04. The van der Waals surface area contributed by atoms with Gasteiger partial charge in [-0.1, -0.05) is 26.0 Å². The summed E-state index contributed by atoms with van der Waals surface area (Å²) in [5.41, 5.74) is 7.62. The van der Waals surface area contributed by atoms with Crippen molar-refractivity contribution in [3.05, 3.63) is 30.1 Å². The van der Waals surface area contributed by atoms with Crippen LogP contribution in [0.15, 0.2) is 24.3 Å². The highest BCUT2D eigenvalue weighted by molar-refractivity contribution is 5.76. The van der Waals surface area contributed by atoms with E-state index < -0.39 is 5.54 Å². The van der Waals surface area contributed by atoms with Crippen molar-refractivity contribution < 1.29 is 5.11 Å². The van der Waals surface area contributed by atoms with Gasteiger partial charge in [-0.3, -0.25) is 0 Å². The Hall–Kier alpha value is -1.39. The van der Waals surface area contributed by atoms with Crippen molar-refractivity contribution >= 4 is 11.0 Å². The van der Waals surface area contributed by atoms with E-state index in [0.29, 0.717) is 6.54 Å². The Morgan fingerprint density at radius 3 is 2.42 bits per heavy atom. The molecule has 1 aromatic heterocycles. The van der Waals surface area contributed by atoms with Gasteiger partial charge in [-0.25, -0.2) is 4.98 Å². The van der Waals surface area contributed by atoms with Crippen LogP contribution in [-0.2, 0) is 12.0 Å².